The molecule has 0 aromatic rings. The maximum absolute atomic E-state index is 5.86. The van der Waals surface area contributed by atoms with E-state index >= 15 is 0 Å². The Labute approximate surface area is 148 Å². The lowest BCUT2D eigenvalue weighted by Gasteiger charge is -2.30. The molecule has 0 atom stereocenters. The summed E-state index contributed by atoms with van der Waals surface area (Å²) in [6, 6.07) is 0. The molecule has 0 saturated carbocycles. The zero-order chi connectivity index (χ0) is 17.0. The first-order valence-electron chi connectivity index (χ1n) is 10.3. The van der Waals surface area contributed by atoms with Gasteiger partial charge in [-0.3, -0.25) is 0 Å². The smallest absolute Gasteiger partial charge is 0.157 e. The molecule has 0 aromatic heterocycles. The molecule has 24 heavy (non-hydrogen) atoms. The van der Waals surface area contributed by atoms with E-state index in [1.165, 1.54) is 51.4 Å². The van der Waals surface area contributed by atoms with Crippen LogP contribution in [0.3, 0.4) is 0 Å². The zero-order valence-electron chi connectivity index (χ0n) is 15.8. The third-order valence-corrected chi connectivity index (χ3v) is 5.13. The van der Waals surface area contributed by atoms with Crippen LogP contribution in [0.15, 0.2) is 0 Å². The predicted molar refractivity (Wildman–Crippen MR) is 95.9 cm³/mol. The van der Waals surface area contributed by atoms with Crippen LogP contribution in [0.4, 0.5) is 0 Å². The van der Waals surface area contributed by atoms with Crippen molar-refractivity contribution < 1.29 is 18.9 Å². The second-order valence-electron chi connectivity index (χ2n) is 7.49. The summed E-state index contributed by atoms with van der Waals surface area (Å²) in [5.74, 6) is 1.17. The van der Waals surface area contributed by atoms with Gasteiger partial charge in [-0.2, -0.15) is 0 Å². The van der Waals surface area contributed by atoms with Crippen LogP contribution in [-0.2, 0) is 18.9 Å². The van der Waals surface area contributed by atoms with Gasteiger partial charge in [0.1, 0.15) is 0 Å². The molecule has 0 spiro atoms. The maximum Gasteiger partial charge on any atom is 0.157 e. The highest BCUT2D eigenvalue weighted by Gasteiger charge is 2.23. The van der Waals surface area contributed by atoms with E-state index in [-0.39, 0.29) is 12.6 Å². The topological polar surface area (TPSA) is 36.9 Å². The summed E-state index contributed by atoms with van der Waals surface area (Å²) in [5.41, 5.74) is 0. The van der Waals surface area contributed by atoms with Crippen LogP contribution in [0.25, 0.3) is 0 Å². The van der Waals surface area contributed by atoms with E-state index in [2.05, 4.69) is 13.8 Å². The van der Waals surface area contributed by atoms with E-state index in [1.807, 2.05) is 0 Å². The molecule has 2 aliphatic heterocycles. The van der Waals surface area contributed by atoms with Crippen LogP contribution in [-0.4, -0.2) is 39.0 Å². The van der Waals surface area contributed by atoms with E-state index < -0.39 is 0 Å². The summed E-state index contributed by atoms with van der Waals surface area (Å²) in [4.78, 5) is 0. The summed E-state index contributed by atoms with van der Waals surface area (Å²) >= 11 is 0. The third kappa shape index (κ3) is 7.81. The first-order chi connectivity index (χ1) is 11.8. The zero-order valence-corrected chi connectivity index (χ0v) is 15.8. The Morgan fingerprint density at radius 2 is 0.917 bits per heavy atom. The quantitative estimate of drug-likeness (QED) is 0.500. The molecule has 2 aliphatic rings. The lowest BCUT2D eigenvalue weighted by Crippen LogP contribution is -2.32. The van der Waals surface area contributed by atoms with Gasteiger partial charge >= 0.3 is 0 Å². The predicted octanol–water partition coefficient (Wildman–Crippen LogP) is 4.91. The molecule has 0 aliphatic carbocycles. The summed E-state index contributed by atoms with van der Waals surface area (Å²) < 4.78 is 23.3. The molecule has 0 bridgehead atoms. The average molecular weight is 343 g/mol. The molecule has 0 amide bonds. The SMILES string of the molecule is CCCC[C@H]1CO[C@H](CCCC[C@H]2CO[C@H](CCCC)OC2)OC1. The van der Waals surface area contributed by atoms with E-state index in [9.17, 15) is 0 Å². The fraction of sp³-hybridized carbons (Fsp3) is 1.00. The molecule has 0 aromatic carbocycles. The van der Waals surface area contributed by atoms with E-state index in [1.54, 1.807) is 0 Å². The Kier molecular flexibility index (Phi) is 10.3. The number of rotatable bonds is 11. The van der Waals surface area contributed by atoms with Crippen molar-refractivity contribution in [2.75, 3.05) is 26.4 Å². The average Bonchev–Trinajstić information content (AvgIpc) is 2.64. The molecule has 2 saturated heterocycles. The van der Waals surface area contributed by atoms with Crippen LogP contribution in [0.1, 0.15) is 78.1 Å². The molecular weight excluding hydrogens is 304 g/mol. The molecule has 2 fully saturated rings. The minimum Gasteiger partial charge on any atom is -0.352 e. The summed E-state index contributed by atoms with van der Waals surface area (Å²) in [5, 5.41) is 0. The molecule has 4 heteroatoms. The van der Waals surface area contributed by atoms with E-state index in [4.69, 9.17) is 18.9 Å². The Balaban J connectivity index is 1.45. The molecule has 2 heterocycles. The van der Waals surface area contributed by atoms with Crippen molar-refractivity contribution in [3.05, 3.63) is 0 Å². The van der Waals surface area contributed by atoms with Gasteiger partial charge in [-0.05, 0) is 38.5 Å². The first-order valence-corrected chi connectivity index (χ1v) is 10.3. The Hall–Kier alpha value is -0.160. The fourth-order valence-corrected chi connectivity index (χ4v) is 3.44. The van der Waals surface area contributed by atoms with Gasteiger partial charge in [0.2, 0.25) is 0 Å². The molecule has 0 N–H and O–H groups in total. The van der Waals surface area contributed by atoms with Crippen molar-refractivity contribution in [1.29, 1.82) is 0 Å². The van der Waals surface area contributed by atoms with E-state index in [0.717, 1.165) is 39.3 Å². The number of hydrogen-bond donors (Lipinski definition) is 0. The minimum atomic E-state index is 0.0279. The number of unbranched alkanes of at least 4 members (excludes halogenated alkanes) is 3. The van der Waals surface area contributed by atoms with Crippen LogP contribution < -0.4 is 0 Å². The van der Waals surface area contributed by atoms with Crippen molar-refractivity contribution in [3.8, 4) is 0 Å². The van der Waals surface area contributed by atoms with Crippen LogP contribution in [0.5, 0.6) is 0 Å². The summed E-state index contributed by atoms with van der Waals surface area (Å²) in [6.07, 6.45) is 11.9. The Morgan fingerprint density at radius 3 is 1.42 bits per heavy atom. The van der Waals surface area contributed by atoms with Crippen molar-refractivity contribution in [3.63, 3.8) is 0 Å². The second-order valence-corrected chi connectivity index (χ2v) is 7.49. The monoisotopic (exact) mass is 342 g/mol. The van der Waals surface area contributed by atoms with Gasteiger partial charge < -0.3 is 18.9 Å². The maximum atomic E-state index is 5.86. The highest BCUT2D eigenvalue weighted by molar-refractivity contribution is 4.66. The normalized spacial score (nSPS) is 31.2. The van der Waals surface area contributed by atoms with Crippen LogP contribution in [0.2, 0.25) is 0 Å². The highest BCUT2D eigenvalue weighted by atomic mass is 16.7. The van der Waals surface area contributed by atoms with Gasteiger partial charge in [0, 0.05) is 11.8 Å². The fourth-order valence-electron chi connectivity index (χ4n) is 3.44. The summed E-state index contributed by atoms with van der Waals surface area (Å²) in [6.45, 7) is 7.94. The van der Waals surface area contributed by atoms with Crippen molar-refractivity contribution in [2.45, 2.75) is 90.6 Å². The van der Waals surface area contributed by atoms with Gasteiger partial charge in [-0.25, -0.2) is 0 Å². The standard InChI is InChI=1S/C20H38O4/c1-3-5-9-17-13-23-20(24-14-17)12-8-7-10-18-15-21-19(22-16-18)11-6-4-2/h17-20H,3-16H2,1-2H3/t17-,18-,19-,20-. The van der Waals surface area contributed by atoms with Crippen molar-refractivity contribution in [1.82, 2.24) is 0 Å². The molecule has 0 radical (unpaired) electrons. The lowest BCUT2D eigenvalue weighted by atomic mass is 10.0. The molecule has 2 rings (SSSR count). The molecule has 4 nitrogen and oxygen atoms in total. The molecular formula is C20H38O4. The van der Waals surface area contributed by atoms with Crippen LogP contribution >= 0.6 is 0 Å². The third-order valence-electron chi connectivity index (χ3n) is 5.13. The lowest BCUT2D eigenvalue weighted by molar-refractivity contribution is -0.207. The largest absolute Gasteiger partial charge is 0.352 e. The van der Waals surface area contributed by atoms with Gasteiger partial charge in [0.25, 0.3) is 0 Å². The Bertz CT molecular complexity index is 264. The van der Waals surface area contributed by atoms with E-state index in [0.29, 0.717) is 11.8 Å². The van der Waals surface area contributed by atoms with Gasteiger partial charge in [0.05, 0.1) is 26.4 Å². The second kappa shape index (κ2) is 12.2. The van der Waals surface area contributed by atoms with Crippen molar-refractivity contribution in [2.24, 2.45) is 11.8 Å². The van der Waals surface area contributed by atoms with Crippen LogP contribution in [0, 0.1) is 11.8 Å². The van der Waals surface area contributed by atoms with Gasteiger partial charge in [0.15, 0.2) is 12.6 Å². The van der Waals surface area contributed by atoms with Gasteiger partial charge in [-0.1, -0.05) is 39.5 Å². The molecule has 142 valence electrons. The van der Waals surface area contributed by atoms with Gasteiger partial charge in [-0.15, -0.1) is 0 Å². The summed E-state index contributed by atoms with van der Waals surface area (Å²) in [7, 11) is 0. The first kappa shape index (κ1) is 20.2. The Morgan fingerprint density at radius 1 is 0.542 bits per heavy atom. The molecule has 0 unspecified atom stereocenters. The minimum absolute atomic E-state index is 0.0279. The number of hydrogen-bond acceptors (Lipinski definition) is 4. The highest BCUT2D eigenvalue weighted by Crippen LogP contribution is 2.23. The number of ether oxygens (including phenoxy) is 4. The van der Waals surface area contributed by atoms with Crippen molar-refractivity contribution >= 4 is 0 Å².